The molecule has 3 aromatic rings. The second-order valence-electron chi connectivity index (χ2n) is 6.48. The molecular formula is C20H19N3O5. The van der Waals surface area contributed by atoms with E-state index >= 15 is 0 Å². The highest BCUT2D eigenvalue weighted by Crippen LogP contribution is 2.20. The van der Waals surface area contributed by atoms with E-state index < -0.39 is 5.63 Å². The smallest absolute Gasteiger partial charge is 0.349 e. The molecule has 8 nitrogen and oxygen atoms in total. The van der Waals surface area contributed by atoms with Gasteiger partial charge in [-0.1, -0.05) is 18.2 Å². The summed E-state index contributed by atoms with van der Waals surface area (Å²) in [5.41, 5.74) is -0.0924. The number of para-hydroxylation sites is 1. The predicted octanol–water partition coefficient (Wildman–Crippen LogP) is 2.28. The fourth-order valence-corrected chi connectivity index (χ4v) is 3.22. The van der Waals surface area contributed by atoms with Gasteiger partial charge in [0.05, 0.1) is 7.11 Å². The highest BCUT2D eigenvalue weighted by Gasteiger charge is 2.27. The van der Waals surface area contributed by atoms with Crippen LogP contribution in [-0.4, -0.2) is 47.1 Å². The number of rotatable bonds is 4. The van der Waals surface area contributed by atoms with Gasteiger partial charge in [0.25, 0.3) is 5.91 Å². The second kappa shape index (κ2) is 7.67. The summed E-state index contributed by atoms with van der Waals surface area (Å²) >= 11 is 0. The Morgan fingerprint density at radius 2 is 2.00 bits per heavy atom. The quantitative estimate of drug-likeness (QED) is 0.640. The molecule has 0 atom stereocenters. The Labute approximate surface area is 160 Å². The molecule has 0 saturated carbocycles. The molecule has 2 aromatic heterocycles. The van der Waals surface area contributed by atoms with Crippen LogP contribution in [0.1, 0.15) is 23.2 Å². The zero-order valence-corrected chi connectivity index (χ0v) is 15.3. The first-order chi connectivity index (χ1) is 13.6. The number of ether oxygens (including phenoxy) is 2. The standard InChI is InChI=1S/C20H19N3O5/c1-26-20-21-9-6-17(22-20)27-14-7-10-23(11-8-14)18(24)15-12-13-4-2-3-5-16(13)28-19(15)25/h2-6,9,12,14H,7-8,10-11H2,1H3. The SMILES string of the molecule is COc1nccc(OC2CCN(C(=O)c3cc4ccccc4oc3=O)CC2)n1. The van der Waals surface area contributed by atoms with Crippen molar-refractivity contribution in [3.63, 3.8) is 0 Å². The van der Waals surface area contributed by atoms with Crippen LogP contribution in [-0.2, 0) is 0 Å². The van der Waals surface area contributed by atoms with E-state index in [1.165, 1.54) is 7.11 Å². The highest BCUT2D eigenvalue weighted by molar-refractivity contribution is 5.96. The summed E-state index contributed by atoms with van der Waals surface area (Å²) in [5, 5.41) is 0.723. The van der Waals surface area contributed by atoms with Gasteiger partial charge in [-0.05, 0) is 12.1 Å². The minimum Gasteiger partial charge on any atom is -0.474 e. The number of piperidine rings is 1. The number of likely N-dealkylation sites (tertiary alicyclic amines) is 1. The number of amides is 1. The number of fused-ring (bicyclic) bond motifs is 1. The summed E-state index contributed by atoms with van der Waals surface area (Å²) in [4.78, 5) is 34.8. The lowest BCUT2D eigenvalue weighted by Crippen LogP contribution is -2.43. The fraction of sp³-hybridized carbons (Fsp3) is 0.300. The molecule has 0 aliphatic carbocycles. The van der Waals surface area contributed by atoms with E-state index in [0.29, 0.717) is 37.4 Å². The van der Waals surface area contributed by atoms with Crippen LogP contribution in [0.5, 0.6) is 11.9 Å². The number of aromatic nitrogens is 2. The third-order valence-electron chi connectivity index (χ3n) is 4.68. The number of nitrogens with zero attached hydrogens (tertiary/aromatic N) is 3. The van der Waals surface area contributed by atoms with Gasteiger partial charge in [0, 0.05) is 43.6 Å². The summed E-state index contributed by atoms with van der Waals surface area (Å²) < 4.78 is 16.1. The van der Waals surface area contributed by atoms with Crippen LogP contribution < -0.4 is 15.1 Å². The lowest BCUT2D eigenvalue weighted by Gasteiger charge is -2.31. The molecule has 1 aliphatic rings. The van der Waals surface area contributed by atoms with Gasteiger partial charge >= 0.3 is 11.6 Å². The van der Waals surface area contributed by atoms with Crippen molar-refractivity contribution >= 4 is 16.9 Å². The summed E-state index contributed by atoms with van der Waals surface area (Å²) in [5.74, 6) is 0.119. The average Bonchev–Trinajstić information content (AvgIpc) is 2.73. The minimum absolute atomic E-state index is 0.0543. The Kier molecular flexibility index (Phi) is 4.92. The maximum atomic E-state index is 12.8. The number of hydrogen-bond acceptors (Lipinski definition) is 7. The molecular weight excluding hydrogens is 362 g/mol. The molecule has 0 spiro atoms. The third kappa shape index (κ3) is 3.66. The molecule has 1 aliphatic heterocycles. The molecule has 0 radical (unpaired) electrons. The number of carbonyl (C=O) groups excluding carboxylic acids is 1. The molecule has 0 N–H and O–H groups in total. The first-order valence-electron chi connectivity index (χ1n) is 9.00. The van der Waals surface area contributed by atoms with Gasteiger partial charge < -0.3 is 18.8 Å². The number of carbonyl (C=O) groups is 1. The van der Waals surface area contributed by atoms with Gasteiger partial charge in [0.2, 0.25) is 5.88 Å². The predicted molar refractivity (Wildman–Crippen MR) is 101 cm³/mol. The number of hydrogen-bond donors (Lipinski definition) is 0. The van der Waals surface area contributed by atoms with Crippen molar-refractivity contribution in [3.05, 3.63) is 58.6 Å². The van der Waals surface area contributed by atoms with E-state index in [1.54, 1.807) is 35.4 Å². The second-order valence-corrected chi connectivity index (χ2v) is 6.48. The molecule has 1 amide bonds. The Hall–Kier alpha value is -3.42. The topological polar surface area (TPSA) is 94.8 Å². The van der Waals surface area contributed by atoms with Gasteiger partial charge in [0.15, 0.2) is 0 Å². The number of methoxy groups -OCH3 is 1. The molecule has 1 fully saturated rings. The van der Waals surface area contributed by atoms with Crippen molar-refractivity contribution in [1.29, 1.82) is 0 Å². The molecule has 0 unspecified atom stereocenters. The molecule has 4 rings (SSSR count). The van der Waals surface area contributed by atoms with Crippen molar-refractivity contribution in [2.75, 3.05) is 20.2 Å². The minimum atomic E-state index is -0.616. The van der Waals surface area contributed by atoms with E-state index in [0.717, 1.165) is 5.39 Å². The Bertz CT molecular complexity index is 1060. The summed E-state index contributed by atoms with van der Waals surface area (Å²) in [6.45, 7) is 0.968. The van der Waals surface area contributed by atoms with Crippen LogP contribution in [0.4, 0.5) is 0 Å². The third-order valence-corrected chi connectivity index (χ3v) is 4.68. The normalized spacial score (nSPS) is 14.8. The van der Waals surface area contributed by atoms with Crippen LogP contribution >= 0.6 is 0 Å². The van der Waals surface area contributed by atoms with Crippen molar-refractivity contribution in [2.24, 2.45) is 0 Å². The maximum Gasteiger partial charge on any atom is 0.349 e. The molecule has 1 aromatic carbocycles. The molecule has 1 saturated heterocycles. The van der Waals surface area contributed by atoms with E-state index in [-0.39, 0.29) is 23.6 Å². The summed E-state index contributed by atoms with van der Waals surface area (Å²) in [6.07, 6.45) is 2.77. The molecule has 0 bridgehead atoms. The zero-order valence-electron chi connectivity index (χ0n) is 15.3. The summed E-state index contributed by atoms with van der Waals surface area (Å²) in [6, 6.07) is 10.6. The average molecular weight is 381 g/mol. The molecule has 144 valence electrons. The van der Waals surface area contributed by atoms with Crippen molar-refractivity contribution in [3.8, 4) is 11.9 Å². The van der Waals surface area contributed by atoms with Crippen molar-refractivity contribution in [1.82, 2.24) is 14.9 Å². The molecule has 8 heteroatoms. The first-order valence-corrected chi connectivity index (χ1v) is 9.00. The lowest BCUT2D eigenvalue weighted by atomic mass is 10.1. The van der Waals surface area contributed by atoms with Crippen LogP contribution in [0.2, 0.25) is 0 Å². The van der Waals surface area contributed by atoms with Crippen molar-refractivity contribution < 1.29 is 18.7 Å². The van der Waals surface area contributed by atoms with Crippen molar-refractivity contribution in [2.45, 2.75) is 18.9 Å². The van der Waals surface area contributed by atoms with Crippen LogP contribution in [0, 0.1) is 0 Å². The number of benzene rings is 1. The van der Waals surface area contributed by atoms with Crippen LogP contribution in [0.3, 0.4) is 0 Å². The van der Waals surface area contributed by atoms with E-state index in [1.807, 2.05) is 12.1 Å². The highest BCUT2D eigenvalue weighted by atomic mass is 16.5. The largest absolute Gasteiger partial charge is 0.474 e. The summed E-state index contributed by atoms with van der Waals surface area (Å²) in [7, 11) is 1.49. The monoisotopic (exact) mass is 381 g/mol. The Morgan fingerprint density at radius 3 is 2.79 bits per heavy atom. The maximum absolute atomic E-state index is 12.8. The van der Waals surface area contributed by atoms with Crippen LogP contribution in [0.15, 0.2) is 51.8 Å². The lowest BCUT2D eigenvalue weighted by molar-refractivity contribution is 0.0583. The van der Waals surface area contributed by atoms with E-state index in [4.69, 9.17) is 13.9 Å². The molecule has 3 heterocycles. The first kappa shape index (κ1) is 18.0. The van der Waals surface area contributed by atoms with Gasteiger partial charge in [-0.2, -0.15) is 4.98 Å². The van der Waals surface area contributed by atoms with E-state index in [2.05, 4.69) is 9.97 Å². The molecule has 28 heavy (non-hydrogen) atoms. The van der Waals surface area contributed by atoms with Gasteiger partial charge in [-0.25, -0.2) is 9.78 Å². The van der Waals surface area contributed by atoms with Gasteiger partial charge in [0.1, 0.15) is 17.3 Å². The Balaban J connectivity index is 1.43. The van der Waals surface area contributed by atoms with Gasteiger partial charge in [-0.15, -0.1) is 0 Å². The fourth-order valence-electron chi connectivity index (χ4n) is 3.22. The van der Waals surface area contributed by atoms with E-state index in [9.17, 15) is 9.59 Å². The van der Waals surface area contributed by atoms with Gasteiger partial charge in [-0.3, -0.25) is 4.79 Å². The van der Waals surface area contributed by atoms with Crippen LogP contribution in [0.25, 0.3) is 11.0 Å². The zero-order chi connectivity index (χ0) is 19.5. The Morgan fingerprint density at radius 1 is 1.21 bits per heavy atom.